The molecule has 0 aliphatic rings. The zero-order valence-electron chi connectivity index (χ0n) is 12.4. The predicted octanol–water partition coefficient (Wildman–Crippen LogP) is 6.53. The van der Waals surface area contributed by atoms with Gasteiger partial charge in [-0.2, -0.15) is 0 Å². The number of aromatic hydroxyl groups is 1. The van der Waals surface area contributed by atoms with E-state index in [1.165, 1.54) is 0 Å². The maximum atomic E-state index is 10.0. The van der Waals surface area contributed by atoms with Gasteiger partial charge in [-0.15, -0.1) is 0 Å². The summed E-state index contributed by atoms with van der Waals surface area (Å²) < 4.78 is 7.56. The van der Waals surface area contributed by atoms with E-state index < -0.39 is 0 Å². The molecule has 0 radical (unpaired) electrons. The Kier molecular flexibility index (Phi) is 5.64. The summed E-state index contributed by atoms with van der Waals surface area (Å²) in [7, 11) is 1.85. The van der Waals surface area contributed by atoms with Gasteiger partial charge in [-0.25, -0.2) is 0 Å². The summed E-state index contributed by atoms with van der Waals surface area (Å²) in [4.78, 5) is 0. The first kappa shape index (κ1) is 17.4. The van der Waals surface area contributed by atoms with Crippen LogP contribution in [0, 0.1) is 0 Å². The molecule has 0 fully saturated rings. The molecule has 0 bridgehead atoms. The van der Waals surface area contributed by atoms with E-state index in [2.05, 4.69) is 37.2 Å². The monoisotopic (exact) mass is 447 g/mol. The van der Waals surface area contributed by atoms with E-state index in [-0.39, 0.29) is 16.7 Å². The van der Waals surface area contributed by atoms with Crippen molar-refractivity contribution >= 4 is 49.1 Å². The molecule has 0 spiro atoms. The summed E-state index contributed by atoms with van der Waals surface area (Å²) in [5.41, 5.74) is 1.71. The van der Waals surface area contributed by atoms with Gasteiger partial charge in [0.25, 0.3) is 0 Å². The Morgan fingerprint density at radius 2 is 1.73 bits per heavy atom. The quantitative estimate of drug-likeness (QED) is 0.558. The molecule has 6 heteroatoms. The lowest BCUT2D eigenvalue weighted by atomic mass is 10.0. The van der Waals surface area contributed by atoms with Gasteiger partial charge in [-0.1, -0.05) is 25.4 Å². The average molecular weight is 450 g/mol. The van der Waals surface area contributed by atoms with Crippen LogP contribution in [0.1, 0.15) is 25.3 Å². The van der Waals surface area contributed by atoms with Crippen LogP contribution in [-0.2, 0) is 0 Å². The van der Waals surface area contributed by atoms with E-state index in [1.807, 2.05) is 33.0 Å². The number of anilines is 1. The van der Waals surface area contributed by atoms with E-state index in [0.717, 1.165) is 20.2 Å². The summed E-state index contributed by atoms with van der Waals surface area (Å²) >= 11 is 13.1. The number of halogens is 3. The lowest BCUT2D eigenvalue weighted by molar-refractivity contribution is 0.453. The van der Waals surface area contributed by atoms with Crippen molar-refractivity contribution < 1.29 is 9.84 Å². The van der Waals surface area contributed by atoms with Crippen LogP contribution in [0.3, 0.4) is 0 Å². The molecular formula is C16H16Br2ClNO2. The van der Waals surface area contributed by atoms with Gasteiger partial charge in [0.1, 0.15) is 11.5 Å². The van der Waals surface area contributed by atoms with Crippen molar-refractivity contribution in [2.75, 3.05) is 12.4 Å². The molecule has 2 rings (SSSR count). The molecule has 0 aliphatic carbocycles. The predicted molar refractivity (Wildman–Crippen MR) is 98.7 cm³/mol. The molecule has 0 heterocycles. The van der Waals surface area contributed by atoms with Crippen molar-refractivity contribution in [3.8, 4) is 17.2 Å². The van der Waals surface area contributed by atoms with E-state index in [9.17, 15) is 5.11 Å². The highest BCUT2D eigenvalue weighted by atomic mass is 79.9. The standard InChI is InChI=1S/C16H16Br2ClNO2/c1-8(2)11-6-10(7-14(19)15(11)21)22-16-12(17)4-9(20-3)5-13(16)18/h4-8,20-21H,1-3H3. The zero-order valence-corrected chi connectivity index (χ0v) is 16.3. The smallest absolute Gasteiger partial charge is 0.155 e. The first-order chi connectivity index (χ1) is 10.3. The highest BCUT2D eigenvalue weighted by Gasteiger charge is 2.15. The maximum absolute atomic E-state index is 10.0. The van der Waals surface area contributed by atoms with Crippen LogP contribution in [-0.4, -0.2) is 12.2 Å². The Bertz CT molecular complexity index is 682. The summed E-state index contributed by atoms with van der Waals surface area (Å²) in [6, 6.07) is 7.25. The van der Waals surface area contributed by atoms with E-state index in [1.54, 1.807) is 12.1 Å². The van der Waals surface area contributed by atoms with Crippen LogP contribution < -0.4 is 10.1 Å². The minimum atomic E-state index is 0.104. The van der Waals surface area contributed by atoms with Crippen LogP contribution in [0.2, 0.25) is 5.02 Å². The van der Waals surface area contributed by atoms with Gasteiger partial charge in [-0.05, 0) is 56.0 Å². The Morgan fingerprint density at radius 1 is 1.14 bits per heavy atom. The van der Waals surface area contributed by atoms with E-state index in [4.69, 9.17) is 16.3 Å². The summed E-state index contributed by atoms with van der Waals surface area (Å²) in [6.45, 7) is 3.98. The number of rotatable bonds is 4. The first-order valence-corrected chi connectivity index (χ1v) is 8.67. The minimum Gasteiger partial charge on any atom is -0.506 e. The largest absolute Gasteiger partial charge is 0.506 e. The van der Waals surface area contributed by atoms with Gasteiger partial charge < -0.3 is 15.2 Å². The number of ether oxygens (including phenoxy) is 1. The van der Waals surface area contributed by atoms with Crippen molar-refractivity contribution in [3.63, 3.8) is 0 Å². The third-order valence-corrected chi connectivity index (χ3v) is 4.66. The van der Waals surface area contributed by atoms with Crippen LogP contribution in [0.5, 0.6) is 17.2 Å². The molecule has 0 saturated carbocycles. The fourth-order valence-electron chi connectivity index (χ4n) is 2.01. The van der Waals surface area contributed by atoms with Crippen LogP contribution in [0.4, 0.5) is 5.69 Å². The average Bonchev–Trinajstić information content (AvgIpc) is 2.45. The molecule has 2 N–H and O–H groups in total. The summed E-state index contributed by atoms with van der Waals surface area (Å²) in [6.07, 6.45) is 0. The molecule has 2 aromatic carbocycles. The third kappa shape index (κ3) is 3.70. The molecule has 0 aromatic heterocycles. The van der Waals surface area contributed by atoms with Gasteiger partial charge in [0, 0.05) is 24.4 Å². The molecule has 3 nitrogen and oxygen atoms in total. The Morgan fingerprint density at radius 3 is 2.23 bits per heavy atom. The third-order valence-electron chi connectivity index (χ3n) is 3.20. The van der Waals surface area contributed by atoms with Gasteiger partial charge in [-0.3, -0.25) is 0 Å². The molecule has 0 unspecified atom stereocenters. The zero-order chi connectivity index (χ0) is 16.4. The van der Waals surface area contributed by atoms with E-state index >= 15 is 0 Å². The second-order valence-corrected chi connectivity index (χ2v) is 7.23. The molecular weight excluding hydrogens is 433 g/mol. The lowest BCUT2D eigenvalue weighted by Crippen LogP contribution is -1.94. The Balaban J connectivity index is 2.44. The molecule has 0 saturated heterocycles. The first-order valence-electron chi connectivity index (χ1n) is 6.70. The van der Waals surface area contributed by atoms with Gasteiger partial charge in [0.05, 0.1) is 14.0 Å². The summed E-state index contributed by atoms with van der Waals surface area (Å²) in [5.74, 6) is 1.47. The van der Waals surface area contributed by atoms with E-state index in [0.29, 0.717) is 11.5 Å². The number of benzene rings is 2. The molecule has 2 aromatic rings. The summed E-state index contributed by atoms with van der Waals surface area (Å²) in [5, 5.41) is 13.4. The number of phenols is 1. The highest BCUT2D eigenvalue weighted by molar-refractivity contribution is 9.11. The molecule has 0 atom stereocenters. The second-order valence-electron chi connectivity index (χ2n) is 5.12. The van der Waals surface area contributed by atoms with Crippen LogP contribution >= 0.6 is 43.5 Å². The second kappa shape index (κ2) is 7.11. The van der Waals surface area contributed by atoms with Crippen molar-refractivity contribution in [1.82, 2.24) is 0 Å². The fraction of sp³-hybridized carbons (Fsp3) is 0.250. The van der Waals surface area contributed by atoms with Gasteiger partial charge in [0.15, 0.2) is 5.75 Å². The van der Waals surface area contributed by atoms with Gasteiger partial charge >= 0.3 is 0 Å². The number of hydrogen-bond donors (Lipinski definition) is 2. The minimum absolute atomic E-state index is 0.104. The van der Waals surface area contributed by atoms with Crippen molar-refractivity contribution in [3.05, 3.63) is 43.8 Å². The Labute approximate surface area is 151 Å². The van der Waals surface area contributed by atoms with Crippen LogP contribution in [0.15, 0.2) is 33.2 Å². The maximum Gasteiger partial charge on any atom is 0.155 e. The van der Waals surface area contributed by atoms with Crippen LogP contribution in [0.25, 0.3) is 0 Å². The lowest BCUT2D eigenvalue weighted by Gasteiger charge is -2.15. The Hall–Kier alpha value is -0.910. The SMILES string of the molecule is CNc1cc(Br)c(Oc2cc(Cl)c(O)c(C(C)C)c2)c(Br)c1. The topological polar surface area (TPSA) is 41.5 Å². The molecule has 0 aliphatic heterocycles. The van der Waals surface area contributed by atoms with Gasteiger partial charge in [0.2, 0.25) is 0 Å². The number of nitrogens with one attached hydrogen (secondary N) is 1. The molecule has 22 heavy (non-hydrogen) atoms. The highest BCUT2D eigenvalue weighted by Crippen LogP contribution is 2.42. The van der Waals surface area contributed by atoms with Crippen molar-refractivity contribution in [1.29, 1.82) is 0 Å². The fourth-order valence-corrected chi connectivity index (χ4v) is 3.58. The number of hydrogen-bond acceptors (Lipinski definition) is 3. The molecule has 0 amide bonds. The molecule has 118 valence electrons. The number of phenolic OH excluding ortho intramolecular Hbond substituents is 1. The normalized spacial score (nSPS) is 10.9. The van der Waals surface area contributed by atoms with Crippen molar-refractivity contribution in [2.24, 2.45) is 0 Å². The van der Waals surface area contributed by atoms with Crippen molar-refractivity contribution in [2.45, 2.75) is 19.8 Å².